The van der Waals surface area contributed by atoms with E-state index in [1.807, 2.05) is 0 Å². The molecule has 3 nitrogen and oxygen atoms in total. The summed E-state index contributed by atoms with van der Waals surface area (Å²) >= 11 is 0. The van der Waals surface area contributed by atoms with E-state index in [1.165, 1.54) is 0 Å². The first-order chi connectivity index (χ1) is 5.44. The predicted octanol–water partition coefficient (Wildman–Crippen LogP) is 0.158. The standard InChI is InChI=1S/C8H15NO2S/c1-8(4-7(8)9)6-2-3-12(10,11)5-6/h6-7H,2-5,9H2,1H3/t6?,7-,8+/m0/s1. The summed E-state index contributed by atoms with van der Waals surface area (Å²) in [5.74, 6) is 1.08. The Hall–Kier alpha value is -0.0900. The summed E-state index contributed by atoms with van der Waals surface area (Å²) in [4.78, 5) is 0. The Morgan fingerprint density at radius 3 is 2.42 bits per heavy atom. The van der Waals surface area contributed by atoms with E-state index in [4.69, 9.17) is 5.73 Å². The van der Waals surface area contributed by atoms with E-state index < -0.39 is 9.84 Å². The van der Waals surface area contributed by atoms with Gasteiger partial charge in [-0.1, -0.05) is 6.92 Å². The third-order valence-electron chi connectivity index (χ3n) is 3.51. The highest BCUT2D eigenvalue weighted by Crippen LogP contribution is 2.53. The lowest BCUT2D eigenvalue weighted by atomic mass is 9.90. The van der Waals surface area contributed by atoms with Gasteiger partial charge in [0, 0.05) is 6.04 Å². The Morgan fingerprint density at radius 1 is 1.50 bits per heavy atom. The van der Waals surface area contributed by atoms with Gasteiger partial charge in [0.2, 0.25) is 0 Å². The van der Waals surface area contributed by atoms with Crippen LogP contribution >= 0.6 is 0 Å². The van der Waals surface area contributed by atoms with Crippen LogP contribution in [0.4, 0.5) is 0 Å². The summed E-state index contributed by atoms with van der Waals surface area (Å²) in [6.07, 6.45) is 1.83. The van der Waals surface area contributed by atoms with Gasteiger partial charge in [-0.25, -0.2) is 8.42 Å². The summed E-state index contributed by atoms with van der Waals surface area (Å²) in [5.41, 5.74) is 5.92. The highest BCUT2D eigenvalue weighted by molar-refractivity contribution is 7.91. The summed E-state index contributed by atoms with van der Waals surface area (Å²) in [6, 6.07) is 0.246. The van der Waals surface area contributed by atoms with Crippen LogP contribution in [-0.4, -0.2) is 26.0 Å². The zero-order valence-electron chi connectivity index (χ0n) is 7.29. The first-order valence-corrected chi connectivity index (χ1v) is 6.22. The molecule has 4 heteroatoms. The molecule has 1 heterocycles. The maximum atomic E-state index is 11.2. The van der Waals surface area contributed by atoms with E-state index in [-0.39, 0.29) is 11.5 Å². The number of rotatable bonds is 1. The lowest BCUT2D eigenvalue weighted by Gasteiger charge is -2.16. The van der Waals surface area contributed by atoms with Gasteiger partial charge in [-0.05, 0) is 24.2 Å². The molecule has 1 saturated carbocycles. The quantitative estimate of drug-likeness (QED) is 0.639. The van der Waals surface area contributed by atoms with Gasteiger partial charge in [0.05, 0.1) is 11.5 Å². The molecule has 1 unspecified atom stereocenters. The average molecular weight is 189 g/mol. The molecule has 1 aliphatic heterocycles. The molecule has 0 bridgehead atoms. The van der Waals surface area contributed by atoms with Gasteiger partial charge in [0.1, 0.15) is 0 Å². The van der Waals surface area contributed by atoms with Crippen LogP contribution < -0.4 is 5.73 Å². The zero-order valence-corrected chi connectivity index (χ0v) is 8.10. The van der Waals surface area contributed by atoms with Gasteiger partial charge >= 0.3 is 0 Å². The molecular formula is C8H15NO2S. The fourth-order valence-corrected chi connectivity index (χ4v) is 4.17. The maximum Gasteiger partial charge on any atom is 0.150 e. The Balaban J connectivity index is 2.11. The first-order valence-electron chi connectivity index (χ1n) is 4.40. The molecule has 2 aliphatic rings. The number of nitrogens with two attached hydrogens (primary N) is 1. The van der Waals surface area contributed by atoms with Gasteiger partial charge < -0.3 is 5.73 Å². The largest absolute Gasteiger partial charge is 0.327 e. The van der Waals surface area contributed by atoms with Crippen LogP contribution in [0.5, 0.6) is 0 Å². The highest BCUT2D eigenvalue weighted by Gasteiger charge is 2.55. The van der Waals surface area contributed by atoms with Crippen LogP contribution in [0.1, 0.15) is 19.8 Å². The second-order valence-corrected chi connectivity index (χ2v) is 6.65. The number of hydrogen-bond acceptors (Lipinski definition) is 3. The molecule has 0 aromatic heterocycles. The highest BCUT2D eigenvalue weighted by atomic mass is 32.2. The summed E-state index contributed by atoms with van der Waals surface area (Å²) in [7, 11) is -2.72. The Labute approximate surface area is 73.2 Å². The van der Waals surface area contributed by atoms with Gasteiger partial charge in [-0.15, -0.1) is 0 Å². The van der Waals surface area contributed by atoms with Crippen LogP contribution in [0, 0.1) is 11.3 Å². The van der Waals surface area contributed by atoms with E-state index >= 15 is 0 Å². The van der Waals surface area contributed by atoms with Crippen molar-refractivity contribution < 1.29 is 8.42 Å². The molecule has 2 rings (SSSR count). The number of hydrogen-bond donors (Lipinski definition) is 1. The second kappa shape index (κ2) is 2.23. The zero-order chi connectivity index (χ0) is 8.98. The third-order valence-corrected chi connectivity index (χ3v) is 5.28. The fraction of sp³-hybridized carbons (Fsp3) is 1.00. The van der Waals surface area contributed by atoms with E-state index in [0.29, 0.717) is 17.4 Å². The van der Waals surface area contributed by atoms with Gasteiger partial charge in [0.15, 0.2) is 9.84 Å². The summed E-state index contributed by atoms with van der Waals surface area (Å²) < 4.78 is 22.4. The summed E-state index contributed by atoms with van der Waals surface area (Å²) in [6.45, 7) is 2.11. The fourth-order valence-electron chi connectivity index (χ4n) is 2.20. The van der Waals surface area contributed by atoms with Gasteiger partial charge in [0.25, 0.3) is 0 Å². The van der Waals surface area contributed by atoms with E-state index in [1.54, 1.807) is 0 Å². The van der Waals surface area contributed by atoms with Crippen LogP contribution in [0.3, 0.4) is 0 Å². The molecule has 70 valence electrons. The van der Waals surface area contributed by atoms with Crippen LogP contribution in [0.25, 0.3) is 0 Å². The Kier molecular flexibility index (Phi) is 1.58. The minimum Gasteiger partial charge on any atom is -0.327 e. The molecule has 12 heavy (non-hydrogen) atoms. The minimum absolute atomic E-state index is 0.142. The van der Waals surface area contributed by atoms with Crippen molar-refractivity contribution >= 4 is 9.84 Å². The van der Waals surface area contributed by atoms with E-state index in [2.05, 4.69) is 6.92 Å². The molecular weight excluding hydrogens is 174 g/mol. The lowest BCUT2D eigenvalue weighted by molar-refractivity contribution is 0.360. The lowest BCUT2D eigenvalue weighted by Crippen LogP contribution is -2.21. The SMILES string of the molecule is C[C@]1(C2CCS(=O)(=O)C2)C[C@@H]1N. The molecule has 1 aliphatic carbocycles. The van der Waals surface area contributed by atoms with Crippen LogP contribution in [0.15, 0.2) is 0 Å². The molecule has 0 aromatic carbocycles. The van der Waals surface area contributed by atoms with Crippen molar-refractivity contribution in [3.8, 4) is 0 Å². The van der Waals surface area contributed by atoms with Crippen molar-refractivity contribution in [2.75, 3.05) is 11.5 Å². The molecule has 3 atom stereocenters. The van der Waals surface area contributed by atoms with Crippen molar-refractivity contribution in [3.63, 3.8) is 0 Å². The van der Waals surface area contributed by atoms with Crippen LogP contribution in [-0.2, 0) is 9.84 Å². The molecule has 0 aromatic rings. The van der Waals surface area contributed by atoms with Crippen LogP contribution in [0.2, 0.25) is 0 Å². The smallest absolute Gasteiger partial charge is 0.150 e. The normalized spacial score (nSPS) is 50.8. The molecule has 2 fully saturated rings. The monoisotopic (exact) mass is 189 g/mol. The predicted molar refractivity (Wildman–Crippen MR) is 47.5 cm³/mol. The molecule has 2 N–H and O–H groups in total. The first kappa shape index (κ1) is 8.51. The third kappa shape index (κ3) is 1.17. The molecule has 1 saturated heterocycles. The van der Waals surface area contributed by atoms with Crippen molar-refractivity contribution in [2.45, 2.75) is 25.8 Å². The average Bonchev–Trinajstić information content (AvgIpc) is 2.41. The Morgan fingerprint density at radius 2 is 2.08 bits per heavy atom. The molecule has 0 amide bonds. The maximum absolute atomic E-state index is 11.2. The topological polar surface area (TPSA) is 60.2 Å². The van der Waals surface area contributed by atoms with Gasteiger partial charge in [-0.3, -0.25) is 0 Å². The van der Waals surface area contributed by atoms with Crippen molar-refractivity contribution in [2.24, 2.45) is 17.1 Å². The van der Waals surface area contributed by atoms with Crippen molar-refractivity contribution in [3.05, 3.63) is 0 Å². The number of sulfone groups is 1. The van der Waals surface area contributed by atoms with Gasteiger partial charge in [-0.2, -0.15) is 0 Å². The second-order valence-electron chi connectivity index (χ2n) is 4.42. The Bertz CT molecular complexity index is 298. The molecule has 0 radical (unpaired) electrons. The van der Waals surface area contributed by atoms with E-state index in [0.717, 1.165) is 12.8 Å². The van der Waals surface area contributed by atoms with E-state index in [9.17, 15) is 8.42 Å². The molecule has 0 spiro atoms. The minimum atomic E-state index is -2.72. The van der Waals surface area contributed by atoms with Crippen molar-refractivity contribution in [1.29, 1.82) is 0 Å². The summed E-state index contributed by atoms with van der Waals surface area (Å²) in [5, 5.41) is 0. The van der Waals surface area contributed by atoms with Crippen molar-refractivity contribution in [1.82, 2.24) is 0 Å².